The Bertz CT molecular complexity index is 1010. The van der Waals surface area contributed by atoms with Gasteiger partial charge in [-0.25, -0.2) is 19.7 Å². The lowest BCUT2D eigenvalue weighted by Gasteiger charge is -2.28. The van der Waals surface area contributed by atoms with E-state index in [0.717, 1.165) is 46.9 Å². The highest BCUT2D eigenvalue weighted by atomic mass is 16.4. The summed E-state index contributed by atoms with van der Waals surface area (Å²) in [5.41, 5.74) is 4.47. The minimum Gasteiger partial charge on any atom is -0.441 e. The second-order valence-electron chi connectivity index (χ2n) is 6.95. The van der Waals surface area contributed by atoms with Crippen molar-refractivity contribution in [2.24, 2.45) is 0 Å². The molecule has 1 aliphatic rings. The van der Waals surface area contributed by atoms with Crippen molar-refractivity contribution in [3.63, 3.8) is 0 Å². The van der Waals surface area contributed by atoms with Gasteiger partial charge in [0.1, 0.15) is 11.6 Å². The fourth-order valence-corrected chi connectivity index (χ4v) is 3.22. The average molecular weight is 377 g/mol. The van der Waals surface area contributed by atoms with E-state index in [2.05, 4.69) is 20.3 Å². The van der Waals surface area contributed by atoms with E-state index >= 15 is 0 Å². The minimum absolute atomic E-state index is 0.140. The Morgan fingerprint density at radius 2 is 2.14 bits per heavy atom. The number of benzene rings is 1. The molecule has 0 fully saturated rings. The summed E-state index contributed by atoms with van der Waals surface area (Å²) < 4.78 is 5.69. The highest BCUT2D eigenvalue weighted by Gasteiger charge is 2.22. The zero-order valence-electron chi connectivity index (χ0n) is 16.3. The molecule has 0 atom stereocenters. The molecule has 0 radical (unpaired) electrons. The number of hydrogen-bond donors (Lipinski definition) is 1. The number of hydrogen-bond acceptors (Lipinski definition) is 5. The van der Waals surface area contributed by atoms with Crippen molar-refractivity contribution in [2.75, 3.05) is 11.9 Å². The van der Waals surface area contributed by atoms with Crippen molar-refractivity contribution in [3.05, 3.63) is 59.0 Å². The molecule has 0 unspecified atom stereocenters. The normalized spacial score (nSPS) is 13.3. The summed E-state index contributed by atoms with van der Waals surface area (Å²) in [6, 6.07) is 7.39. The number of urea groups is 1. The Morgan fingerprint density at radius 3 is 2.89 bits per heavy atom. The lowest BCUT2D eigenvalue weighted by molar-refractivity contribution is 0.205. The summed E-state index contributed by atoms with van der Waals surface area (Å²) >= 11 is 0. The largest absolute Gasteiger partial charge is 0.441 e. The number of carbonyl (C=O) groups is 1. The van der Waals surface area contributed by atoms with Gasteiger partial charge in [-0.2, -0.15) is 0 Å². The average Bonchev–Trinajstić information content (AvgIpc) is 3.06. The molecular weight excluding hydrogens is 354 g/mol. The van der Waals surface area contributed by atoms with Gasteiger partial charge in [-0.3, -0.25) is 0 Å². The molecule has 0 saturated heterocycles. The lowest BCUT2D eigenvalue weighted by atomic mass is 10.1. The number of nitrogens with zero attached hydrogens (tertiary/aromatic N) is 4. The Labute approximate surface area is 163 Å². The van der Waals surface area contributed by atoms with E-state index in [-0.39, 0.29) is 6.03 Å². The van der Waals surface area contributed by atoms with Crippen molar-refractivity contribution in [3.8, 4) is 11.5 Å². The summed E-state index contributed by atoms with van der Waals surface area (Å²) in [5, 5.41) is 2.98. The molecule has 1 N–H and O–H groups in total. The number of nitrogens with one attached hydrogen (secondary N) is 1. The van der Waals surface area contributed by atoms with Gasteiger partial charge in [0.15, 0.2) is 0 Å². The second-order valence-corrected chi connectivity index (χ2v) is 6.95. The molecule has 0 bridgehead atoms. The van der Waals surface area contributed by atoms with Crippen LogP contribution < -0.4 is 5.32 Å². The van der Waals surface area contributed by atoms with Crippen LogP contribution in [0.1, 0.15) is 35.5 Å². The maximum atomic E-state index is 12.8. The number of aromatic nitrogens is 3. The first-order chi connectivity index (χ1) is 13.5. The molecule has 2 amide bonds. The number of amides is 2. The van der Waals surface area contributed by atoms with Crippen LogP contribution in [0, 0.1) is 13.8 Å². The van der Waals surface area contributed by atoms with Crippen LogP contribution in [0.2, 0.25) is 0 Å². The van der Waals surface area contributed by atoms with Gasteiger partial charge >= 0.3 is 6.03 Å². The third-order valence-corrected chi connectivity index (χ3v) is 4.99. The van der Waals surface area contributed by atoms with Crippen molar-refractivity contribution < 1.29 is 9.21 Å². The second kappa shape index (κ2) is 7.42. The molecule has 0 aliphatic carbocycles. The van der Waals surface area contributed by atoms with Crippen molar-refractivity contribution in [2.45, 2.75) is 40.2 Å². The summed E-state index contributed by atoms with van der Waals surface area (Å²) in [7, 11) is 0. The smallest absolute Gasteiger partial charge is 0.322 e. The molecule has 1 aromatic carbocycles. The van der Waals surface area contributed by atoms with E-state index in [0.29, 0.717) is 24.7 Å². The summed E-state index contributed by atoms with van der Waals surface area (Å²) in [6.07, 6.45) is 3.44. The molecule has 0 spiro atoms. The Balaban J connectivity index is 1.49. The van der Waals surface area contributed by atoms with Gasteiger partial charge in [0.25, 0.3) is 0 Å². The number of oxazole rings is 1. The number of rotatable bonds is 3. The molecule has 2 aromatic heterocycles. The first kappa shape index (κ1) is 18.2. The van der Waals surface area contributed by atoms with Crippen LogP contribution in [0.3, 0.4) is 0 Å². The molecule has 3 heterocycles. The van der Waals surface area contributed by atoms with Gasteiger partial charge in [0.05, 0.1) is 17.9 Å². The Kier molecular flexibility index (Phi) is 4.81. The molecular formula is C21H23N5O2. The molecule has 3 aromatic rings. The summed E-state index contributed by atoms with van der Waals surface area (Å²) in [4.78, 5) is 27.9. The first-order valence-corrected chi connectivity index (χ1v) is 9.47. The van der Waals surface area contributed by atoms with Crippen molar-refractivity contribution >= 4 is 11.7 Å². The molecule has 144 valence electrons. The van der Waals surface area contributed by atoms with Crippen molar-refractivity contribution in [1.82, 2.24) is 19.9 Å². The fraction of sp³-hybridized carbons (Fsp3) is 0.333. The number of fused-ring (bicyclic) bond motifs is 1. The van der Waals surface area contributed by atoms with Crippen molar-refractivity contribution in [1.29, 1.82) is 0 Å². The Morgan fingerprint density at radius 1 is 1.29 bits per heavy atom. The number of anilines is 1. The zero-order valence-corrected chi connectivity index (χ0v) is 16.3. The van der Waals surface area contributed by atoms with E-state index < -0.39 is 0 Å². The highest BCUT2D eigenvalue weighted by Crippen LogP contribution is 2.25. The van der Waals surface area contributed by atoms with Gasteiger partial charge in [0, 0.05) is 30.4 Å². The van der Waals surface area contributed by atoms with Crippen LogP contribution in [-0.2, 0) is 19.4 Å². The van der Waals surface area contributed by atoms with E-state index in [1.54, 1.807) is 4.90 Å². The number of carbonyl (C=O) groups excluding carboxylic acids is 1. The predicted molar refractivity (Wildman–Crippen MR) is 106 cm³/mol. The molecule has 0 saturated carbocycles. The SMILES string of the molecule is CCc1ncc2c(n1)CN(C(=O)Nc1cccc(-c3nc(C)c(C)o3)c1)CC2. The van der Waals surface area contributed by atoms with Crippen LogP contribution >= 0.6 is 0 Å². The van der Waals surface area contributed by atoms with Gasteiger partial charge < -0.3 is 14.6 Å². The highest BCUT2D eigenvalue weighted by molar-refractivity contribution is 5.90. The Hall–Kier alpha value is -3.22. The predicted octanol–water partition coefficient (Wildman–Crippen LogP) is 3.90. The monoisotopic (exact) mass is 377 g/mol. The molecule has 28 heavy (non-hydrogen) atoms. The van der Waals surface area contributed by atoms with Crippen LogP contribution in [0.15, 0.2) is 34.9 Å². The van der Waals surface area contributed by atoms with Crippen LogP contribution in [0.25, 0.3) is 11.5 Å². The van der Waals surface area contributed by atoms with E-state index in [1.165, 1.54) is 0 Å². The summed E-state index contributed by atoms with van der Waals surface area (Å²) in [6.45, 7) is 6.97. The van der Waals surface area contributed by atoms with Gasteiger partial charge in [-0.1, -0.05) is 13.0 Å². The summed E-state index contributed by atoms with van der Waals surface area (Å²) in [5.74, 6) is 2.16. The van der Waals surface area contributed by atoms with Gasteiger partial charge in [0.2, 0.25) is 5.89 Å². The molecule has 7 heteroatoms. The van der Waals surface area contributed by atoms with Crippen LogP contribution in [-0.4, -0.2) is 32.4 Å². The fourth-order valence-electron chi connectivity index (χ4n) is 3.22. The zero-order chi connectivity index (χ0) is 19.7. The molecule has 7 nitrogen and oxygen atoms in total. The minimum atomic E-state index is -0.140. The maximum Gasteiger partial charge on any atom is 0.322 e. The third-order valence-electron chi connectivity index (χ3n) is 4.99. The van der Waals surface area contributed by atoms with Crippen LogP contribution in [0.5, 0.6) is 0 Å². The molecule has 4 rings (SSSR count). The maximum absolute atomic E-state index is 12.8. The van der Waals surface area contributed by atoms with Gasteiger partial charge in [-0.15, -0.1) is 0 Å². The topological polar surface area (TPSA) is 84.2 Å². The van der Waals surface area contributed by atoms with E-state index in [1.807, 2.05) is 51.2 Å². The lowest BCUT2D eigenvalue weighted by Crippen LogP contribution is -2.39. The number of aryl methyl sites for hydroxylation is 3. The third kappa shape index (κ3) is 3.60. The quantitative estimate of drug-likeness (QED) is 0.748. The standard InChI is InChI=1S/C21H23N5O2/c1-4-19-22-11-16-8-9-26(12-18(16)25-19)21(27)24-17-7-5-6-15(10-17)20-23-13(2)14(3)28-20/h5-7,10-11H,4,8-9,12H2,1-3H3,(H,24,27). The van der Waals surface area contributed by atoms with Crippen LogP contribution in [0.4, 0.5) is 10.5 Å². The van der Waals surface area contributed by atoms with E-state index in [4.69, 9.17) is 4.42 Å². The first-order valence-electron chi connectivity index (χ1n) is 9.47. The molecule has 1 aliphatic heterocycles. The van der Waals surface area contributed by atoms with Gasteiger partial charge in [-0.05, 0) is 44.0 Å². The van der Waals surface area contributed by atoms with E-state index in [9.17, 15) is 4.79 Å².